The molecule has 0 bridgehead atoms. The number of hydrogen-bond donors (Lipinski definition) is 3. The highest BCUT2D eigenvalue weighted by Crippen LogP contribution is 2.24. The van der Waals surface area contributed by atoms with Gasteiger partial charge in [-0.3, -0.25) is 4.79 Å². The maximum atomic E-state index is 11.1. The smallest absolute Gasteiger partial charge is 0.308 e. The molecular formula is C26H36BrNO6. The number of nitrogens with one attached hydrogen (secondary N) is 1. The Morgan fingerprint density at radius 1 is 1.03 bits per heavy atom. The van der Waals surface area contributed by atoms with Gasteiger partial charge in [-0.15, -0.1) is 0 Å². The van der Waals surface area contributed by atoms with Crippen LogP contribution in [0.4, 0.5) is 0 Å². The van der Waals surface area contributed by atoms with Gasteiger partial charge < -0.3 is 29.7 Å². The highest BCUT2D eigenvalue weighted by Gasteiger charge is 2.12. The number of carbonyl (C=O) groups is 1. The summed E-state index contributed by atoms with van der Waals surface area (Å²) in [4.78, 5) is 11.1. The minimum absolute atomic E-state index is 0.265. The third kappa shape index (κ3) is 11.6. The van der Waals surface area contributed by atoms with Gasteiger partial charge in [0.25, 0.3) is 0 Å². The number of benzene rings is 2. The molecule has 2 aromatic rings. The molecule has 0 amide bonds. The summed E-state index contributed by atoms with van der Waals surface area (Å²) in [6.45, 7) is 4.80. The molecule has 0 saturated heterocycles. The van der Waals surface area contributed by atoms with Crippen LogP contribution in [0.2, 0.25) is 0 Å². The summed E-state index contributed by atoms with van der Waals surface area (Å²) in [6.07, 6.45) is 3.54. The molecule has 0 spiro atoms. The summed E-state index contributed by atoms with van der Waals surface area (Å²) in [5.74, 6) is -0.131. The fraction of sp³-hybridized carbons (Fsp3) is 0.500. The Hall–Kier alpha value is -1.81. The molecule has 0 heterocycles. The van der Waals surface area contributed by atoms with Gasteiger partial charge >= 0.3 is 5.97 Å². The number of halogens is 1. The summed E-state index contributed by atoms with van der Waals surface area (Å²) in [5, 5.41) is 23.1. The number of aliphatic hydroxyl groups is 2. The van der Waals surface area contributed by atoms with E-state index in [0.29, 0.717) is 43.2 Å². The fourth-order valence-corrected chi connectivity index (χ4v) is 3.83. The second kappa shape index (κ2) is 16.8. The normalized spacial score (nSPS) is 12.0. The Labute approximate surface area is 210 Å². The maximum Gasteiger partial charge on any atom is 0.308 e. The number of esters is 1. The van der Waals surface area contributed by atoms with Crippen molar-refractivity contribution in [1.29, 1.82) is 0 Å². The lowest BCUT2D eigenvalue weighted by Crippen LogP contribution is -2.22. The number of rotatable bonds is 17. The zero-order valence-electron chi connectivity index (χ0n) is 19.8. The van der Waals surface area contributed by atoms with E-state index in [9.17, 15) is 15.0 Å². The van der Waals surface area contributed by atoms with E-state index in [4.69, 9.17) is 14.2 Å². The largest absolute Gasteiger partial charge is 0.426 e. The molecule has 34 heavy (non-hydrogen) atoms. The van der Waals surface area contributed by atoms with Gasteiger partial charge in [-0.2, -0.15) is 0 Å². The Balaban J connectivity index is 1.45. The van der Waals surface area contributed by atoms with Crippen molar-refractivity contribution in [3.05, 3.63) is 63.6 Å². The van der Waals surface area contributed by atoms with Crippen molar-refractivity contribution < 1.29 is 29.2 Å². The second-order valence-corrected chi connectivity index (χ2v) is 8.96. The molecule has 0 aromatic heterocycles. The number of carbonyl (C=O) groups excluding carboxylic acids is 1. The van der Waals surface area contributed by atoms with E-state index in [0.717, 1.165) is 48.9 Å². The molecule has 3 N–H and O–H groups in total. The molecule has 1 unspecified atom stereocenters. The Morgan fingerprint density at radius 2 is 1.82 bits per heavy atom. The molecule has 0 aliphatic rings. The first-order valence-corrected chi connectivity index (χ1v) is 12.5. The van der Waals surface area contributed by atoms with Crippen LogP contribution in [0.1, 0.15) is 55.4 Å². The van der Waals surface area contributed by atoms with Crippen LogP contribution in [0.3, 0.4) is 0 Å². The van der Waals surface area contributed by atoms with Crippen LogP contribution in [-0.2, 0) is 27.5 Å². The Morgan fingerprint density at radius 3 is 2.59 bits per heavy atom. The van der Waals surface area contributed by atoms with Crippen LogP contribution in [0.5, 0.6) is 5.75 Å². The van der Waals surface area contributed by atoms with Crippen molar-refractivity contribution in [2.75, 3.05) is 32.9 Å². The van der Waals surface area contributed by atoms with Crippen molar-refractivity contribution in [2.24, 2.45) is 0 Å². The lowest BCUT2D eigenvalue weighted by molar-refractivity contribution is -0.131. The van der Waals surface area contributed by atoms with E-state index in [1.165, 1.54) is 6.92 Å². The molecule has 8 heteroatoms. The molecule has 7 nitrogen and oxygen atoms in total. The quantitative estimate of drug-likeness (QED) is 0.157. The van der Waals surface area contributed by atoms with Crippen LogP contribution in [-0.4, -0.2) is 49.1 Å². The second-order valence-electron chi connectivity index (χ2n) is 8.05. The predicted molar refractivity (Wildman–Crippen MR) is 135 cm³/mol. The summed E-state index contributed by atoms with van der Waals surface area (Å²) in [7, 11) is 0. The minimum atomic E-state index is -0.698. The standard InChI is InChI=1S/C26H36BrNO6/c1-20(30)34-26-10-9-22(16-23(26)18-29)25(31)17-28-11-4-2-3-5-12-32-13-14-33-19-21-7-6-8-24(27)15-21/h6-10,15-16,25,28-29,31H,2-5,11-14,17-19H2,1H3. The Bertz CT molecular complexity index is 863. The van der Waals surface area contributed by atoms with E-state index < -0.39 is 12.1 Å². The van der Waals surface area contributed by atoms with Gasteiger partial charge in [0, 0.05) is 30.1 Å². The monoisotopic (exact) mass is 537 g/mol. The minimum Gasteiger partial charge on any atom is -0.426 e. The van der Waals surface area contributed by atoms with Gasteiger partial charge in [-0.1, -0.05) is 47.0 Å². The van der Waals surface area contributed by atoms with Gasteiger partial charge in [0.05, 0.1) is 32.5 Å². The van der Waals surface area contributed by atoms with Gasteiger partial charge in [0.15, 0.2) is 0 Å². The fourth-order valence-electron chi connectivity index (χ4n) is 3.39. The first-order chi connectivity index (χ1) is 16.5. The molecule has 0 aliphatic heterocycles. The SMILES string of the molecule is CC(=O)Oc1ccc(C(O)CNCCCCCCOCCOCc2cccc(Br)c2)cc1CO. The van der Waals surface area contributed by atoms with E-state index in [-0.39, 0.29) is 6.61 Å². The van der Waals surface area contributed by atoms with Crippen LogP contribution >= 0.6 is 15.9 Å². The van der Waals surface area contributed by atoms with Crippen molar-refractivity contribution >= 4 is 21.9 Å². The summed E-state index contributed by atoms with van der Waals surface area (Å²) in [5.41, 5.74) is 2.29. The average molecular weight is 538 g/mol. The average Bonchev–Trinajstić information content (AvgIpc) is 2.81. The van der Waals surface area contributed by atoms with Crippen molar-refractivity contribution in [3.8, 4) is 5.75 Å². The molecule has 0 aliphatic carbocycles. The highest BCUT2D eigenvalue weighted by molar-refractivity contribution is 9.10. The van der Waals surface area contributed by atoms with Gasteiger partial charge in [-0.25, -0.2) is 0 Å². The first-order valence-electron chi connectivity index (χ1n) is 11.7. The van der Waals surface area contributed by atoms with E-state index >= 15 is 0 Å². The molecule has 188 valence electrons. The van der Waals surface area contributed by atoms with Crippen molar-refractivity contribution in [3.63, 3.8) is 0 Å². The highest BCUT2D eigenvalue weighted by atomic mass is 79.9. The molecule has 0 radical (unpaired) electrons. The summed E-state index contributed by atoms with van der Waals surface area (Å²) < 4.78 is 17.4. The third-order valence-electron chi connectivity index (χ3n) is 5.15. The zero-order chi connectivity index (χ0) is 24.6. The lowest BCUT2D eigenvalue weighted by atomic mass is 10.1. The summed E-state index contributed by atoms with van der Waals surface area (Å²) in [6, 6.07) is 13.0. The number of hydrogen-bond acceptors (Lipinski definition) is 7. The van der Waals surface area contributed by atoms with E-state index in [1.807, 2.05) is 24.3 Å². The number of ether oxygens (including phenoxy) is 3. The third-order valence-corrected chi connectivity index (χ3v) is 5.65. The summed E-state index contributed by atoms with van der Waals surface area (Å²) >= 11 is 3.45. The van der Waals surface area contributed by atoms with Gasteiger partial charge in [-0.05, 0) is 54.8 Å². The van der Waals surface area contributed by atoms with Crippen molar-refractivity contribution in [1.82, 2.24) is 5.32 Å². The maximum absolute atomic E-state index is 11.1. The molecule has 2 rings (SSSR count). The van der Waals surface area contributed by atoms with Crippen molar-refractivity contribution in [2.45, 2.75) is 51.9 Å². The first kappa shape index (κ1) is 28.4. The molecule has 2 aromatic carbocycles. The van der Waals surface area contributed by atoms with Crippen LogP contribution in [0.15, 0.2) is 46.9 Å². The van der Waals surface area contributed by atoms with Crippen LogP contribution < -0.4 is 10.1 Å². The topological polar surface area (TPSA) is 97.3 Å². The molecular weight excluding hydrogens is 502 g/mol. The number of aliphatic hydroxyl groups excluding tert-OH is 2. The predicted octanol–water partition coefficient (Wildman–Crippen LogP) is 4.28. The van der Waals surface area contributed by atoms with Crippen LogP contribution in [0.25, 0.3) is 0 Å². The van der Waals surface area contributed by atoms with Gasteiger partial charge in [0.2, 0.25) is 0 Å². The molecule has 0 fully saturated rings. The lowest BCUT2D eigenvalue weighted by Gasteiger charge is -2.15. The van der Waals surface area contributed by atoms with E-state index in [2.05, 4.69) is 21.2 Å². The number of unbranched alkanes of at least 4 members (excludes halogenated alkanes) is 3. The van der Waals surface area contributed by atoms with E-state index in [1.54, 1.807) is 18.2 Å². The molecule has 0 saturated carbocycles. The Kier molecular flexibility index (Phi) is 14.0. The zero-order valence-corrected chi connectivity index (χ0v) is 21.4. The van der Waals surface area contributed by atoms with Gasteiger partial charge in [0.1, 0.15) is 5.75 Å². The van der Waals surface area contributed by atoms with Crippen LogP contribution in [0, 0.1) is 0 Å². The molecule has 1 atom stereocenters.